The van der Waals surface area contributed by atoms with E-state index in [0.29, 0.717) is 22.5 Å². The molecule has 0 bridgehead atoms. The molecule has 1 N–H and O–H groups in total. The van der Waals surface area contributed by atoms with Gasteiger partial charge in [0.2, 0.25) is 5.95 Å². The Morgan fingerprint density at radius 1 is 0.781 bits per heavy atom. The van der Waals surface area contributed by atoms with Gasteiger partial charge in [-0.2, -0.15) is 5.10 Å². The first-order valence-electron chi connectivity index (χ1n) is 9.88. The molecule has 160 valence electrons. The van der Waals surface area contributed by atoms with Gasteiger partial charge >= 0.3 is 0 Å². The number of nitrogens with zero attached hydrogens (tertiary/aromatic N) is 3. The van der Waals surface area contributed by atoms with Gasteiger partial charge in [0.25, 0.3) is 0 Å². The molecule has 3 aromatic carbocycles. The molecule has 4 aromatic rings. The minimum atomic E-state index is 0.361. The zero-order valence-corrected chi connectivity index (χ0v) is 18.4. The van der Waals surface area contributed by atoms with Gasteiger partial charge in [-0.05, 0) is 30.3 Å². The monoisotopic (exact) mass is 444 g/mol. The topological polar surface area (TPSA) is 68.6 Å². The van der Waals surface area contributed by atoms with E-state index in [2.05, 4.69) is 20.5 Å². The Labute approximate surface area is 191 Å². The van der Waals surface area contributed by atoms with Crippen molar-refractivity contribution in [3.63, 3.8) is 0 Å². The maximum atomic E-state index is 6.20. The number of hydrogen-bond acceptors (Lipinski definition) is 6. The average molecular weight is 445 g/mol. The molecule has 0 aliphatic heterocycles. The van der Waals surface area contributed by atoms with Crippen molar-refractivity contribution in [3.8, 4) is 34.0 Å². The lowest BCUT2D eigenvalue weighted by molar-refractivity contribution is 0.355. The molecular formula is C25H21ClN4O2. The molecule has 0 aliphatic rings. The number of ether oxygens (including phenoxy) is 2. The van der Waals surface area contributed by atoms with E-state index in [4.69, 9.17) is 21.1 Å². The summed E-state index contributed by atoms with van der Waals surface area (Å²) < 4.78 is 10.8. The fraction of sp³-hybridized carbons (Fsp3) is 0.0800. The number of aromatic nitrogens is 2. The molecule has 0 atom stereocenters. The van der Waals surface area contributed by atoms with Crippen molar-refractivity contribution in [3.05, 3.63) is 89.4 Å². The molecule has 0 unspecified atom stereocenters. The van der Waals surface area contributed by atoms with E-state index in [1.165, 1.54) is 0 Å². The van der Waals surface area contributed by atoms with Crippen LogP contribution in [0, 0.1) is 0 Å². The zero-order chi connectivity index (χ0) is 22.3. The first-order chi connectivity index (χ1) is 15.7. The second kappa shape index (κ2) is 9.94. The highest BCUT2D eigenvalue weighted by Crippen LogP contribution is 2.33. The summed E-state index contributed by atoms with van der Waals surface area (Å²) in [6.07, 6.45) is 1.64. The number of rotatable bonds is 7. The molecule has 1 aromatic heterocycles. The fourth-order valence-corrected chi connectivity index (χ4v) is 3.32. The maximum Gasteiger partial charge on any atom is 0.244 e. The number of hydrazone groups is 1. The van der Waals surface area contributed by atoms with Gasteiger partial charge in [0.05, 0.1) is 31.8 Å². The van der Waals surface area contributed by atoms with Crippen molar-refractivity contribution in [1.82, 2.24) is 9.97 Å². The summed E-state index contributed by atoms with van der Waals surface area (Å²) in [5.74, 6) is 1.63. The van der Waals surface area contributed by atoms with E-state index in [1.807, 2.05) is 78.9 Å². The predicted octanol–water partition coefficient (Wildman–Crippen LogP) is 5.93. The van der Waals surface area contributed by atoms with Crippen molar-refractivity contribution < 1.29 is 9.47 Å². The predicted molar refractivity (Wildman–Crippen MR) is 129 cm³/mol. The number of methoxy groups -OCH3 is 2. The highest BCUT2D eigenvalue weighted by Gasteiger charge is 2.11. The highest BCUT2D eigenvalue weighted by atomic mass is 35.5. The molecule has 7 heteroatoms. The smallest absolute Gasteiger partial charge is 0.244 e. The summed E-state index contributed by atoms with van der Waals surface area (Å²) in [5, 5.41) is 4.89. The number of nitrogens with one attached hydrogen (secondary N) is 1. The van der Waals surface area contributed by atoms with Crippen LogP contribution in [0.25, 0.3) is 22.5 Å². The van der Waals surface area contributed by atoms with Crippen LogP contribution in [0.15, 0.2) is 84.0 Å². The van der Waals surface area contributed by atoms with Crippen molar-refractivity contribution in [2.45, 2.75) is 0 Å². The Morgan fingerprint density at radius 2 is 1.47 bits per heavy atom. The number of anilines is 1. The summed E-state index contributed by atoms with van der Waals surface area (Å²) >= 11 is 6.20. The molecule has 32 heavy (non-hydrogen) atoms. The molecule has 0 fully saturated rings. The standard InChI is InChI=1S/C25H21ClN4O2/c1-31-23-13-12-18(14-24(23)32-2)22-15-21(17-8-4-3-5-9-17)28-25(29-22)30-27-16-19-10-6-7-11-20(19)26/h3-16H,1-2H3,(H,28,29,30)/b27-16+. The number of hydrogen-bond donors (Lipinski definition) is 1. The van der Waals surface area contributed by atoms with E-state index in [0.717, 1.165) is 28.1 Å². The molecule has 0 aliphatic carbocycles. The summed E-state index contributed by atoms with van der Waals surface area (Å²) in [4.78, 5) is 9.28. The summed E-state index contributed by atoms with van der Waals surface area (Å²) in [6.45, 7) is 0. The van der Waals surface area contributed by atoms with Crippen LogP contribution in [0.3, 0.4) is 0 Å². The zero-order valence-electron chi connectivity index (χ0n) is 17.6. The number of halogens is 1. The molecule has 0 saturated carbocycles. The molecule has 6 nitrogen and oxygen atoms in total. The van der Waals surface area contributed by atoms with Gasteiger partial charge in [0.15, 0.2) is 11.5 Å². The van der Waals surface area contributed by atoms with Crippen LogP contribution in [0.4, 0.5) is 5.95 Å². The normalized spacial score (nSPS) is 10.8. The lowest BCUT2D eigenvalue weighted by Gasteiger charge is -2.11. The fourth-order valence-electron chi connectivity index (χ4n) is 3.14. The third-order valence-electron chi connectivity index (χ3n) is 4.75. The molecule has 0 amide bonds. The Hall–Kier alpha value is -3.90. The lowest BCUT2D eigenvalue weighted by atomic mass is 10.1. The van der Waals surface area contributed by atoms with Gasteiger partial charge < -0.3 is 9.47 Å². The maximum absolute atomic E-state index is 6.20. The van der Waals surface area contributed by atoms with Gasteiger partial charge in [-0.15, -0.1) is 0 Å². The van der Waals surface area contributed by atoms with Crippen LogP contribution in [0.2, 0.25) is 5.02 Å². The summed E-state index contributed by atoms with van der Waals surface area (Å²) in [7, 11) is 3.21. The van der Waals surface area contributed by atoms with E-state index < -0.39 is 0 Å². The van der Waals surface area contributed by atoms with Crippen LogP contribution in [-0.2, 0) is 0 Å². The highest BCUT2D eigenvalue weighted by molar-refractivity contribution is 6.33. The third-order valence-corrected chi connectivity index (χ3v) is 5.09. The molecule has 0 radical (unpaired) electrons. The first-order valence-corrected chi connectivity index (χ1v) is 10.3. The SMILES string of the molecule is COc1ccc(-c2cc(-c3ccccc3)nc(N/N=C/c3ccccc3Cl)n2)cc1OC. The van der Waals surface area contributed by atoms with Crippen molar-refractivity contribution in [2.75, 3.05) is 19.6 Å². The Kier molecular flexibility index (Phi) is 6.63. The minimum Gasteiger partial charge on any atom is -0.493 e. The Balaban J connectivity index is 1.73. The van der Waals surface area contributed by atoms with Crippen molar-refractivity contribution in [1.29, 1.82) is 0 Å². The minimum absolute atomic E-state index is 0.361. The van der Waals surface area contributed by atoms with E-state index >= 15 is 0 Å². The van der Waals surface area contributed by atoms with Gasteiger partial charge in [-0.25, -0.2) is 15.4 Å². The van der Waals surface area contributed by atoms with Crippen molar-refractivity contribution >= 4 is 23.8 Å². The summed E-state index contributed by atoms with van der Waals surface area (Å²) in [5.41, 5.74) is 7.03. The van der Waals surface area contributed by atoms with Crippen LogP contribution >= 0.6 is 11.6 Å². The molecule has 0 saturated heterocycles. The van der Waals surface area contributed by atoms with Crippen molar-refractivity contribution in [2.24, 2.45) is 5.10 Å². The quantitative estimate of drug-likeness (QED) is 0.283. The Morgan fingerprint density at radius 3 is 2.19 bits per heavy atom. The van der Waals surface area contributed by atoms with Crippen LogP contribution in [-0.4, -0.2) is 30.4 Å². The largest absolute Gasteiger partial charge is 0.493 e. The van der Waals surface area contributed by atoms with Gasteiger partial charge in [-0.3, -0.25) is 0 Å². The van der Waals surface area contributed by atoms with E-state index in [-0.39, 0.29) is 0 Å². The molecule has 1 heterocycles. The van der Waals surface area contributed by atoms with Gasteiger partial charge in [0, 0.05) is 21.7 Å². The second-order valence-corrected chi connectivity index (χ2v) is 7.20. The molecule has 4 rings (SSSR count). The molecular weight excluding hydrogens is 424 g/mol. The second-order valence-electron chi connectivity index (χ2n) is 6.79. The summed E-state index contributed by atoms with van der Waals surface area (Å²) in [6, 6.07) is 24.9. The molecule has 0 spiro atoms. The van der Waals surface area contributed by atoms with Gasteiger partial charge in [0.1, 0.15) is 0 Å². The van der Waals surface area contributed by atoms with Gasteiger partial charge in [-0.1, -0.05) is 60.1 Å². The van der Waals surface area contributed by atoms with E-state index in [1.54, 1.807) is 20.4 Å². The Bertz CT molecular complexity index is 1250. The van der Waals surface area contributed by atoms with Crippen LogP contribution in [0.5, 0.6) is 11.5 Å². The number of benzene rings is 3. The van der Waals surface area contributed by atoms with E-state index in [9.17, 15) is 0 Å². The first kappa shape index (κ1) is 21.3. The lowest BCUT2D eigenvalue weighted by Crippen LogP contribution is -2.01. The average Bonchev–Trinajstić information content (AvgIpc) is 2.85. The van der Waals surface area contributed by atoms with Crippen LogP contribution < -0.4 is 14.9 Å². The third kappa shape index (κ3) is 4.87. The van der Waals surface area contributed by atoms with Crippen LogP contribution in [0.1, 0.15) is 5.56 Å².